The van der Waals surface area contributed by atoms with Crippen molar-refractivity contribution in [2.45, 2.75) is 13.1 Å². The molecule has 4 aromatic rings. The van der Waals surface area contributed by atoms with Crippen LogP contribution < -0.4 is 15.6 Å². The molecule has 156 valence electrons. The van der Waals surface area contributed by atoms with Gasteiger partial charge in [-0.15, -0.1) is 0 Å². The van der Waals surface area contributed by atoms with Gasteiger partial charge in [0.25, 0.3) is 11.5 Å². The number of carbonyl (C=O) groups excluding carboxylic acids is 1. The maximum Gasteiger partial charge on any atom is 0.252 e. The van der Waals surface area contributed by atoms with Gasteiger partial charge in [-0.25, -0.2) is 0 Å². The molecule has 0 spiro atoms. The number of aromatic nitrogens is 1. The number of nitrogens with zero attached hydrogens (tertiary/aromatic N) is 1. The molecule has 0 saturated carbocycles. The average molecular weight is 433 g/mol. The van der Waals surface area contributed by atoms with Crippen molar-refractivity contribution in [3.8, 4) is 5.75 Å². The van der Waals surface area contributed by atoms with E-state index in [1.807, 2.05) is 60.7 Å². The molecular weight excluding hydrogens is 412 g/mol. The molecule has 0 aliphatic carbocycles. The van der Waals surface area contributed by atoms with E-state index in [2.05, 4.69) is 5.32 Å². The van der Waals surface area contributed by atoms with Crippen molar-refractivity contribution in [1.82, 2.24) is 9.88 Å². The van der Waals surface area contributed by atoms with Crippen LogP contribution in [0.2, 0.25) is 5.02 Å². The molecule has 0 aliphatic rings. The molecule has 6 heteroatoms. The maximum atomic E-state index is 13.0. The van der Waals surface area contributed by atoms with Gasteiger partial charge in [0.15, 0.2) is 0 Å². The molecule has 0 fully saturated rings. The number of methoxy groups -OCH3 is 1. The molecule has 0 atom stereocenters. The van der Waals surface area contributed by atoms with E-state index in [9.17, 15) is 9.59 Å². The van der Waals surface area contributed by atoms with Crippen LogP contribution in [0.1, 0.15) is 21.5 Å². The summed E-state index contributed by atoms with van der Waals surface area (Å²) in [5.74, 6) is 0.392. The standard InChI is InChI=1S/C25H21ClN2O3/c1-31-23-9-5-2-6-18(23)15-27-25(30)21-14-24(29)28(22-8-4-3-7-20(21)22)16-17-10-12-19(26)13-11-17/h2-14H,15-16H2,1H3,(H,27,30). The predicted octanol–water partition coefficient (Wildman–Crippen LogP) is 4.64. The van der Waals surface area contributed by atoms with Crippen LogP contribution in [-0.2, 0) is 13.1 Å². The first-order valence-corrected chi connectivity index (χ1v) is 10.2. The van der Waals surface area contributed by atoms with Gasteiger partial charge in [0.1, 0.15) is 5.75 Å². The molecule has 1 amide bonds. The van der Waals surface area contributed by atoms with E-state index in [1.165, 1.54) is 6.07 Å². The summed E-state index contributed by atoms with van der Waals surface area (Å²) in [6.07, 6.45) is 0. The number of hydrogen-bond acceptors (Lipinski definition) is 3. The number of pyridine rings is 1. The molecule has 1 aromatic heterocycles. The van der Waals surface area contributed by atoms with E-state index >= 15 is 0 Å². The Morgan fingerprint density at radius 2 is 1.71 bits per heavy atom. The molecule has 0 unspecified atom stereocenters. The molecule has 0 saturated heterocycles. The molecule has 1 N–H and O–H groups in total. The fourth-order valence-corrected chi connectivity index (χ4v) is 3.70. The Morgan fingerprint density at radius 3 is 2.48 bits per heavy atom. The van der Waals surface area contributed by atoms with E-state index in [-0.39, 0.29) is 11.5 Å². The molecule has 5 nitrogen and oxygen atoms in total. The third-order valence-corrected chi connectivity index (χ3v) is 5.40. The molecule has 3 aromatic carbocycles. The summed E-state index contributed by atoms with van der Waals surface area (Å²) in [5.41, 5.74) is 2.62. The smallest absolute Gasteiger partial charge is 0.252 e. The summed E-state index contributed by atoms with van der Waals surface area (Å²) in [6.45, 7) is 0.685. The predicted molar refractivity (Wildman–Crippen MR) is 123 cm³/mol. The third-order valence-electron chi connectivity index (χ3n) is 5.15. The van der Waals surface area contributed by atoms with Gasteiger partial charge in [-0.1, -0.05) is 60.1 Å². The van der Waals surface area contributed by atoms with Crippen LogP contribution in [0, 0.1) is 0 Å². The Bertz CT molecular complexity index is 1300. The highest BCUT2D eigenvalue weighted by molar-refractivity contribution is 6.30. The van der Waals surface area contributed by atoms with Crippen LogP contribution in [-0.4, -0.2) is 17.6 Å². The Balaban J connectivity index is 1.67. The Morgan fingerprint density at radius 1 is 1.00 bits per heavy atom. The minimum Gasteiger partial charge on any atom is -0.496 e. The van der Waals surface area contributed by atoms with E-state index in [0.29, 0.717) is 40.3 Å². The van der Waals surface area contributed by atoms with Gasteiger partial charge in [-0.3, -0.25) is 9.59 Å². The lowest BCUT2D eigenvalue weighted by molar-refractivity contribution is 0.0952. The number of nitrogens with one attached hydrogen (secondary N) is 1. The highest BCUT2D eigenvalue weighted by Crippen LogP contribution is 2.20. The summed E-state index contributed by atoms with van der Waals surface area (Å²) in [5, 5.41) is 4.26. The molecule has 1 heterocycles. The molecule has 0 radical (unpaired) electrons. The minimum atomic E-state index is -0.308. The van der Waals surface area contributed by atoms with Gasteiger partial charge in [-0.2, -0.15) is 0 Å². The minimum absolute atomic E-state index is 0.240. The van der Waals surface area contributed by atoms with Gasteiger partial charge < -0.3 is 14.6 Å². The van der Waals surface area contributed by atoms with Crippen molar-refractivity contribution in [1.29, 1.82) is 0 Å². The zero-order valence-electron chi connectivity index (χ0n) is 17.0. The van der Waals surface area contributed by atoms with Crippen LogP contribution in [0.15, 0.2) is 83.7 Å². The fourth-order valence-electron chi connectivity index (χ4n) is 3.58. The SMILES string of the molecule is COc1ccccc1CNC(=O)c1cc(=O)n(Cc2ccc(Cl)cc2)c2ccccc12. The Kier molecular flexibility index (Phi) is 6.05. The lowest BCUT2D eigenvalue weighted by Crippen LogP contribution is -2.28. The summed E-state index contributed by atoms with van der Waals surface area (Å²) < 4.78 is 7.00. The first kappa shape index (κ1) is 20.7. The van der Waals surface area contributed by atoms with E-state index in [0.717, 1.165) is 11.1 Å². The summed E-state index contributed by atoms with van der Waals surface area (Å²) in [7, 11) is 1.59. The first-order valence-electron chi connectivity index (χ1n) is 9.84. The highest BCUT2D eigenvalue weighted by Gasteiger charge is 2.15. The topological polar surface area (TPSA) is 60.3 Å². The summed E-state index contributed by atoms with van der Waals surface area (Å²) >= 11 is 5.97. The summed E-state index contributed by atoms with van der Waals surface area (Å²) in [6, 6.07) is 23.7. The van der Waals surface area contributed by atoms with Crippen molar-refractivity contribution >= 4 is 28.4 Å². The van der Waals surface area contributed by atoms with Gasteiger partial charge in [0.2, 0.25) is 0 Å². The van der Waals surface area contributed by atoms with Gasteiger partial charge in [0.05, 0.1) is 24.7 Å². The lowest BCUT2D eigenvalue weighted by Gasteiger charge is -2.14. The number of benzene rings is 3. The third kappa shape index (κ3) is 4.47. The average Bonchev–Trinajstić information content (AvgIpc) is 2.80. The van der Waals surface area contributed by atoms with E-state index < -0.39 is 0 Å². The number of amides is 1. The molecule has 4 rings (SSSR count). The normalized spacial score (nSPS) is 10.8. The Hall–Kier alpha value is -3.57. The van der Waals surface area contributed by atoms with Gasteiger partial charge >= 0.3 is 0 Å². The van der Waals surface area contributed by atoms with Crippen LogP contribution in [0.5, 0.6) is 5.75 Å². The first-order chi connectivity index (χ1) is 15.1. The molecular formula is C25H21ClN2O3. The van der Waals surface area contributed by atoms with Crippen LogP contribution in [0.4, 0.5) is 0 Å². The van der Waals surface area contributed by atoms with E-state index in [4.69, 9.17) is 16.3 Å². The number of para-hydroxylation sites is 2. The molecule has 0 aliphatic heterocycles. The van der Waals surface area contributed by atoms with Crippen molar-refractivity contribution in [2.75, 3.05) is 7.11 Å². The highest BCUT2D eigenvalue weighted by atomic mass is 35.5. The van der Waals surface area contributed by atoms with Crippen LogP contribution >= 0.6 is 11.6 Å². The number of ether oxygens (including phenoxy) is 1. The number of fused-ring (bicyclic) bond motifs is 1. The van der Waals surface area contributed by atoms with Crippen LogP contribution in [0.25, 0.3) is 10.9 Å². The quantitative estimate of drug-likeness (QED) is 0.482. The maximum absolute atomic E-state index is 13.0. The summed E-state index contributed by atoms with van der Waals surface area (Å²) in [4.78, 5) is 25.9. The number of carbonyl (C=O) groups is 1. The zero-order valence-corrected chi connectivity index (χ0v) is 17.7. The van der Waals surface area contributed by atoms with Crippen molar-refractivity contribution in [3.05, 3.63) is 111 Å². The second kappa shape index (κ2) is 9.06. The monoisotopic (exact) mass is 432 g/mol. The van der Waals surface area contributed by atoms with Crippen molar-refractivity contribution < 1.29 is 9.53 Å². The van der Waals surface area contributed by atoms with Gasteiger partial charge in [-0.05, 0) is 29.8 Å². The zero-order chi connectivity index (χ0) is 21.8. The van der Waals surface area contributed by atoms with E-state index in [1.54, 1.807) is 23.8 Å². The lowest BCUT2D eigenvalue weighted by atomic mass is 10.1. The second-order valence-corrected chi connectivity index (χ2v) is 7.56. The number of rotatable bonds is 6. The Labute approximate surface area is 184 Å². The van der Waals surface area contributed by atoms with Crippen LogP contribution in [0.3, 0.4) is 0 Å². The largest absolute Gasteiger partial charge is 0.496 e. The number of halogens is 1. The van der Waals surface area contributed by atoms with Gasteiger partial charge in [0, 0.05) is 28.6 Å². The fraction of sp³-hybridized carbons (Fsp3) is 0.120. The van der Waals surface area contributed by atoms with Crippen molar-refractivity contribution in [2.24, 2.45) is 0 Å². The number of hydrogen-bond donors (Lipinski definition) is 1. The molecule has 0 bridgehead atoms. The second-order valence-electron chi connectivity index (χ2n) is 7.12. The van der Waals surface area contributed by atoms with Crippen molar-refractivity contribution in [3.63, 3.8) is 0 Å². The molecule has 31 heavy (non-hydrogen) atoms.